The first-order valence-corrected chi connectivity index (χ1v) is 6.28. The van der Waals surface area contributed by atoms with E-state index >= 15 is 0 Å². The molecule has 0 aromatic heterocycles. The van der Waals surface area contributed by atoms with Crippen molar-refractivity contribution in [1.29, 1.82) is 0 Å². The molecule has 0 saturated heterocycles. The summed E-state index contributed by atoms with van der Waals surface area (Å²) in [6.45, 7) is 12.8. The molecule has 0 atom stereocenters. The highest BCUT2D eigenvalue weighted by atomic mass is 15.1. The fraction of sp³-hybridized carbons (Fsp3) is 0.571. The van der Waals surface area contributed by atoms with Crippen molar-refractivity contribution in [2.45, 2.75) is 34.2 Å². The van der Waals surface area contributed by atoms with E-state index in [1.165, 1.54) is 16.8 Å². The maximum Gasteiger partial charge on any atom is 0.0411 e. The Morgan fingerprint density at radius 3 is 2.38 bits per heavy atom. The molecule has 1 aromatic carbocycles. The summed E-state index contributed by atoms with van der Waals surface area (Å²) >= 11 is 0. The molecule has 2 nitrogen and oxygen atoms in total. The summed E-state index contributed by atoms with van der Waals surface area (Å²) in [5.41, 5.74) is 4.12. The molecule has 0 amide bonds. The van der Waals surface area contributed by atoms with Gasteiger partial charge in [-0.1, -0.05) is 24.6 Å². The average molecular weight is 220 g/mol. The van der Waals surface area contributed by atoms with E-state index in [1.54, 1.807) is 0 Å². The zero-order valence-electron chi connectivity index (χ0n) is 11.0. The van der Waals surface area contributed by atoms with Crippen LogP contribution in [0.15, 0.2) is 18.2 Å². The second-order valence-electron chi connectivity index (χ2n) is 4.08. The van der Waals surface area contributed by atoms with Crippen LogP contribution >= 0.6 is 0 Å². The molecule has 0 unspecified atom stereocenters. The molecule has 0 saturated carbocycles. The maximum atomic E-state index is 3.41. The molecule has 0 aliphatic rings. The van der Waals surface area contributed by atoms with Crippen molar-refractivity contribution in [2.24, 2.45) is 0 Å². The van der Waals surface area contributed by atoms with Gasteiger partial charge in [0.1, 0.15) is 0 Å². The summed E-state index contributed by atoms with van der Waals surface area (Å²) in [5.74, 6) is 0. The predicted octanol–water partition coefficient (Wildman–Crippen LogP) is 2.95. The van der Waals surface area contributed by atoms with Gasteiger partial charge in [0.25, 0.3) is 0 Å². The number of hydrogen-bond donors (Lipinski definition) is 1. The molecule has 1 N–H and O–H groups in total. The Morgan fingerprint density at radius 2 is 1.81 bits per heavy atom. The highest BCUT2D eigenvalue weighted by Crippen LogP contribution is 2.21. The van der Waals surface area contributed by atoms with E-state index in [2.05, 4.69) is 56.1 Å². The minimum absolute atomic E-state index is 0.962. The molecule has 0 radical (unpaired) electrons. The van der Waals surface area contributed by atoms with Gasteiger partial charge in [-0.05, 0) is 38.9 Å². The molecule has 0 aliphatic carbocycles. The van der Waals surface area contributed by atoms with Crippen LogP contribution in [0.1, 0.15) is 31.9 Å². The molecule has 1 aromatic rings. The molecule has 2 heteroatoms. The lowest BCUT2D eigenvalue weighted by Gasteiger charge is -2.24. The van der Waals surface area contributed by atoms with Crippen LogP contribution in [0.25, 0.3) is 0 Å². The van der Waals surface area contributed by atoms with Gasteiger partial charge < -0.3 is 10.2 Å². The lowest BCUT2D eigenvalue weighted by Crippen LogP contribution is -2.24. The molecular weight excluding hydrogens is 196 g/mol. The zero-order chi connectivity index (χ0) is 12.0. The SMILES string of the molecule is CCNCc1cc(C)ccc1N(CC)CC. The normalized spacial score (nSPS) is 10.5. The summed E-state index contributed by atoms with van der Waals surface area (Å²) in [6.07, 6.45) is 0. The van der Waals surface area contributed by atoms with Crippen LogP contribution in [0, 0.1) is 6.92 Å². The van der Waals surface area contributed by atoms with E-state index in [9.17, 15) is 0 Å². The Kier molecular flexibility index (Phi) is 5.33. The third-order valence-electron chi connectivity index (χ3n) is 2.90. The minimum Gasteiger partial charge on any atom is -0.372 e. The standard InChI is InChI=1S/C14H24N2/c1-5-15-11-13-10-12(4)8-9-14(13)16(6-2)7-3/h8-10,15H,5-7,11H2,1-4H3. The molecule has 0 fully saturated rings. The molecule has 1 rings (SSSR count). The van der Waals surface area contributed by atoms with Crippen molar-refractivity contribution < 1.29 is 0 Å². The average Bonchev–Trinajstić information content (AvgIpc) is 2.30. The zero-order valence-corrected chi connectivity index (χ0v) is 11.0. The Morgan fingerprint density at radius 1 is 1.12 bits per heavy atom. The summed E-state index contributed by atoms with van der Waals surface area (Å²) in [4.78, 5) is 2.41. The van der Waals surface area contributed by atoms with E-state index < -0.39 is 0 Å². The fourth-order valence-corrected chi connectivity index (χ4v) is 1.99. The smallest absolute Gasteiger partial charge is 0.0411 e. The van der Waals surface area contributed by atoms with Crippen LogP contribution in [0.3, 0.4) is 0 Å². The number of nitrogens with zero attached hydrogens (tertiary/aromatic N) is 1. The van der Waals surface area contributed by atoms with E-state index in [4.69, 9.17) is 0 Å². The molecule has 0 bridgehead atoms. The Labute approximate surface area is 99.7 Å². The molecule has 90 valence electrons. The van der Waals surface area contributed by atoms with Crippen molar-refractivity contribution in [3.63, 3.8) is 0 Å². The van der Waals surface area contributed by atoms with Crippen LogP contribution < -0.4 is 10.2 Å². The third-order valence-corrected chi connectivity index (χ3v) is 2.90. The van der Waals surface area contributed by atoms with Crippen molar-refractivity contribution in [3.05, 3.63) is 29.3 Å². The van der Waals surface area contributed by atoms with Crippen LogP contribution in [0.2, 0.25) is 0 Å². The highest BCUT2D eigenvalue weighted by molar-refractivity contribution is 5.54. The highest BCUT2D eigenvalue weighted by Gasteiger charge is 2.07. The van der Waals surface area contributed by atoms with E-state index in [-0.39, 0.29) is 0 Å². The number of anilines is 1. The summed E-state index contributed by atoms with van der Waals surface area (Å²) in [6, 6.07) is 6.73. The first-order valence-electron chi connectivity index (χ1n) is 6.28. The number of aryl methyl sites for hydroxylation is 1. The van der Waals surface area contributed by atoms with Crippen molar-refractivity contribution in [2.75, 3.05) is 24.5 Å². The van der Waals surface area contributed by atoms with Crippen molar-refractivity contribution in [3.8, 4) is 0 Å². The van der Waals surface area contributed by atoms with Gasteiger partial charge in [-0.15, -0.1) is 0 Å². The Hall–Kier alpha value is -1.02. The van der Waals surface area contributed by atoms with Crippen LogP contribution in [0.4, 0.5) is 5.69 Å². The first-order chi connectivity index (χ1) is 7.72. The van der Waals surface area contributed by atoms with E-state index in [0.29, 0.717) is 0 Å². The van der Waals surface area contributed by atoms with E-state index in [0.717, 1.165) is 26.2 Å². The second-order valence-corrected chi connectivity index (χ2v) is 4.08. The number of benzene rings is 1. The quantitative estimate of drug-likeness (QED) is 0.793. The molecule has 16 heavy (non-hydrogen) atoms. The van der Waals surface area contributed by atoms with Gasteiger partial charge in [0.05, 0.1) is 0 Å². The largest absolute Gasteiger partial charge is 0.372 e. The van der Waals surface area contributed by atoms with Crippen molar-refractivity contribution >= 4 is 5.69 Å². The number of rotatable bonds is 6. The van der Waals surface area contributed by atoms with E-state index in [1.807, 2.05) is 0 Å². The Balaban J connectivity index is 2.96. The summed E-state index contributed by atoms with van der Waals surface area (Å²) in [7, 11) is 0. The van der Waals surface area contributed by atoms with Crippen LogP contribution in [0.5, 0.6) is 0 Å². The topological polar surface area (TPSA) is 15.3 Å². The lowest BCUT2D eigenvalue weighted by molar-refractivity contribution is 0.720. The van der Waals surface area contributed by atoms with Gasteiger partial charge in [-0.2, -0.15) is 0 Å². The Bertz CT molecular complexity index is 317. The molecule has 0 aliphatic heterocycles. The van der Waals surface area contributed by atoms with Gasteiger partial charge >= 0.3 is 0 Å². The van der Waals surface area contributed by atoms with Gasteiger partial charge in [0.2, 0.25) is 0 Å². The first kappa shape index (κ1) is 13.0. The monoisotopic (exact) mass is 220 g/mol. The summed E-state index contributed by atoms with van der Waals surface area (Å²) in [5, 5.41) is 3.41. The maximum absolute atomic E-state index is 3.41. The minimum atomic E-state index is 0.962. The number of nitrogens with one attached hydrogen (secondary N) is 1. The van der Waals surface area contributed by atoms with Crippen LogP contribution in [-0.2, 0) is 6.54 Å². The molecule has 0 spiro atoms. The fourth-order valence-electron chi connectivity index (χ4n) is 1.99. The molecular formula is C14H24N2. The van der Waals surface area contributed by atoms with Crippen LogP contribution in [-0.4, -0.2) is 19.6 Å². The van der Waals surface area contributed by atoms with Gasteiger partial charge in [0.15, 0.2) is 0 Å². The van der Waals surface area contributed by atoms with Gasteiger partial charge in [-0.3, -0.25) is 0 Å². The second kappa shape index (κ2) is 6.54. The van der Waals surface area contributed by atoms with Gasteiger partial charge in [0, 0.05) is 25.3 Å². The summed E-state index contributed by atoms with van der Waals surface area (Å²) < 4.78 is 0. The van der Waals surface area contributed by atoms with Crippen molar-refractivity contribution in [1.82, 2.24) is 5.32 Å². The molecule has 0 heterocycles. The number of hydrogen-bond acceptors (Lipinski definition) is 2. The predicted molar refractivity (Wildman–Crippen MR) is 72.1 cm³/mol. The van der Waals surface area contributed by atoms with Gasteiger partial charge in [-0.25, -0.2) is 0 Å². The lowest BCUT2D eigenvalue weighted by atomic mass is 10.1. The third kappa shape index (κ3) is 3.24.